The lowest BCUT2D eigenvalue weighted by Crippen LogP contribution is -2.46. The molecule has 36 heavy (non-hydrogen) atoms. The number of nitriles is 1. The molecule has 0 atom stereocenters. The quantitative estimate of drug-likeness (QED) is 0.377. The molecule has 7 nitrogen and oxygen atoms in total. The van der Waals surface area contributed by atoms with Crippen LogP contribution in [0.5, 0.6) is 11.5 Å². The van der Waals surface area contributed by atoms with Crippen LogP contribution in [0.4, 0.5) is 5.69 Å². The van der Waals surface area contributed by atoms with Gasteiger partial charge in [-0.15, -0.1) is 0 Å². The SMILES string of the molecule is COc1ccc(OC)c(NC(=O)/C(C#N)=C\N2CCN(C(c3ccccc3)c3ccccc3)CC2)c1. The van der Waals surface area contributed by atoms with Crippen LogP contribution in [-0.2, 0) is 4.79 Å². The van der Waals surface area contributed by atoms with Crippen LogP contribution in [0.3, 0.4) is 0 Å². The van der Waals surface area contributed by atoms with Gasteiger partial charge in [-0.1, -0.05) is 60.7 Å². The number of rotatable bonds is 8. The average Bonchev–Trinajstić information content (AvgIpc) is 2.93. The second-order valence-corrected chi connectivity index (χ2v) is 8.47. The Balaban J connectivity index is 1.46. The van der Waals surface area contributed by atoms with E-state index in [1.165, 1.54) is 18.2 Å². The molecule has 0 aromatic heterocycles. The van der Waals surface area contributed by atoms with Crippen molar-refractivity contribution in [3.63, 3.8) is 0 Å². The van der Waals surface area contributed by atoms with Gasteiger partial charge in [0.1, 0.15) is 23.1 Å². The summed E-state index contributed by atoms with van der Waals surface area (Å²) in [7, 11) is 3.07. The summed E-state index contributed by atoms with van der Waals surface area (Å²) in [6.07, 6.45) is 1.65. The standard InChI is InChI=1S/C29H30N4O3/c1-35-25-13-14-27(36-2)26(19-25)31-29(34)24(20-30)21-32-15-17-33(18-16-32)28(22-9-5-3-6-10-22)23-11-7-4-8-12-23/h3-14,19,21,28H,15-18H2,1-2H3,(H,31,34)/b24-21-. The number of hydrogen-bond acceptors (Lipinski definition) is 6. The number of amides is 1. The average molecular weight is 483 g/mol. The highest BCUT2D eigenvalue weighted by atomic mass is 16.5. The molecular weight excluding hydrogens is 452 g/mol. The van der Waals surface area contributed by atoms with Crippen molar-refractivity contribution in [3.05, 3.63) is 102 Å². The van der Waals surface area contributed by atoms with Crippen LogP contribution in [0.25, 0.3) is 0 Å². The van der Waals surface area contributed by atoms with Crippen molar-refractivity contribution in [1.29, 1.82) is 5.26 Å². The van der Waals surface area contributed by atoms with Crippen molar-refractivity contribution in [1.82, 2.24) is 9.80 Å². The summed E-state index contributed by atoms with van der Waals surface area (Å²) in [6, 6.07) is 28.3. The van der Waals surface area contributed by atoms with Crippen LogP contribution in [0.15, 0.2) is 90.6 Å². The first-order valence-electron chi connectivity index (χ1n) is 11.9. The van der Waals surface area contributed by atoms with Crippen molar-refractivity contribution >= 4 is 11.6 Å². The maximum Gasteiger partial charge on any atom is 0.267 e. The molecule has 1 N–H and O–H groups in total. The van der Waals surface area contributed by atoms with Gasteiger partial charge in [0.25, 0.3) is 5.91 Å². The predicted octanol–water partition coefficient (Wildman–Crippen LogP) is 4.46. The van der Waals surface area contributed by atoms with Gasteiger partial charge in [-0.3, -0.25) is 9.69 Å². The number of nitrogens with zero attached hydrogens (tertiary/aromatic N) is 3. The maximum atomic E-state index is 12.9. The van der Waals surface area contributed by atoms with Crippen molar-refractivity contribution in [3.8, 4) is 17.6 Å². The fourth-order valence-electron chi connectivity index (χ4n) is 4.43. The first-order chi connectivity index (χ1) is 17.6. The number of carbonyl (C=O) groups excluding carboxylic acids is 1. The van der Waals surface area contributed by atoms with E-state index in [-0.39, 0.29) is 11.6 Å². The van der Waals surface area contributed by atoms with Crippen molar-refractivity contribution in [2.75, 3.05) is 45.7 Å². The van der Waals surface area contributed by atoms with Crippen LogP contribution in [-0.4, -0.2) is 56.1 Å². The molecule has 1 heterocycles. The smallest absolute Gasteiger partial charge is 0.267 e. The number of piperazine rings is 1. The van der Waals surface area contributed by atoms with Gasteiger partial charge in [-0.25, -0.2) is 0 Å². The van der Waals surface area contributed by atoms with E-state index in [0.717, 1.165) is 13.1 Å². The maximum absolute atomic E-state index is 12.9. The molecule has 1 saturated heterocycles. The lowest BCUT2D eigenvalue weighted by atomic mass is 9.96. The summed E-state index contributed by atoms with van der Waals surface area (Å²) >= 11 is 0. The highest BCUT2D eigenvalue weighted by Crippen LogP contribution is 2.30. The molecule has 4 rings (SSSR count). The summed E-state index contributed by atoms with van der Waals surface area (Å²) in [5.74, 6) is 0.581. The van der Waals surface area contributed by atoms with E-state index in [0.29, 0.717) is 30.3 Å². The molecule has 0 saturated carbocycles. The number of nitrogens with one attached hydrogen (secondary N) is 1. The van der Waals surface area contributed by atoms with E-state index in [9.17, 15) is 10.1 Å². The number of carbonyl (C=O) groups is 1. The largest absolute Gasteiger partial charge is 0.497 e. The summed E-state index contributed by atoms with van der Waals surface area (Å²) in [4.78, 5) is 17.4. The Hall–Kier alpha value is -4.28. The summed E-state index contributed by atoms with van der Waals surface area (Å²) in [5.41, 5.74) is 2.98. The molecule has 0 spiro atoms. The van der Waals surface area contributed by atoms with E-state index >= 15 is 0 Å². The summed E-state index contributed by atoms with van der Waals surface area (Å²) in [6.45, 7) is 3.01. The first-order valence-corrected chi connectivity index (χ1v) is 11.9. The Labute approximate surface area is 212 Å². The van der Waals surface area contributed by atoms with E-state index < -0.39 is 5.91 Å². The number of hydrogen-bond donors (Lipinski definition) is 1. The molecule has 0 bridgehead atoms. The third kappa shape index (κ3) is 5.85. The fourth-order valence-corrected chi connectivity index (χ4v) is 4.43. The molecule has 3 aromatic rings. The van der Waals surface area contributed by atoms with Gasteiger partial charge in [-0.05, 0) is 23.3 Å². The normalized spacial score (nSPS) is 14.3. The van der Waals surface area contributed by atoms with Crippen LogP contribution < -0.4 is 14.8 Å². The molecule has 1 fully saturated rings. The number of anilines is 1. The molecule has 3 aromatic carbocycles. The van der Waals surface area contributed by atoms with Gasteiger partial charge in [0.15, 0.2) is 0 Å². The fraction of sp³-hybridized carbons (Fsp3) is 0.241. The molecular formula is C29H30N4O3. The number of methoxy groups -OCH3 is 2. The molecule has 1 aliphatic rings. The van der Waals surface area contributed by atoms with Crippen molar-refractivity contribution in [2.24, 2.45) is 0 Å². The third-order valence-corrected chi connectivity index (χ3v) is 6.28. The predicted molar refractivity (Wildman–Crippen MR) is 140 cm³/mol. The lowest BCUT2D eigenvalue weighted by Gasteiger charge is -2.39. The van der Waals surface area contributed by atoms with E-state index in [4.69, 9.17) is 9.47 Å². The number of benzene rings is 3. The minimum atomic E-state index is -0.488. The molecule has 0 radical (unpaired) electrons. The summed E-state index contributed by atoms with van der Waals surface area (Å²) in [5, 5.41) is 12.5. The zero-order valence-corrected chi connectivity index (χ0v) is 20.6. The Morgan fingerprint density at radius 3 is 2.06 bits per heavy atom. The molecule has 1 aliphatic heterocycles. The minimum absolute atomic E-state index is 0.0380. The van der Waals surface area contributed by atoms with Gasteiger partial charge < -0.3 is 19.7 Å². The van der Waals surface area contributed by atoms with E-state index in [1.54, 1.807) is 31.5 Å². The van der Waals surface area contributed by atoms with Crippen LogP contribution >= 0.6 is 0 Å². The first kappa shape index (κ1) is 24.8. The Morgan fingerprint density at radius 2 is 1.53 bits per heavy atom. The van der Waals surface area contributed by atoms with Crippen molar-refractivity contribution < 1.29 is 14.3 Å². The van der Waals surface area contributed by atoms with Gasteiger partial charge in [0, 0.05) is 38.4 Å². The van der Waals surface area contributed by atoms with Gasteiger partial charge in [-0.2, -0.15) is 5.26 Å². The van der Waals surface area contributed by atoms with Gasteiger partial charge in [0.05, 0.1) is 25.9 Å². The Kier molecular flexibility index (Phi) is 8.22. The lowest BCUT2D eigenvalue weighted by molar-refractivity contribution is -0.112. The third-order valence-electron chi connectivity index (χ3n) is 6.28. The van der Waals surface area contributed by atoms with Crippen LogP contribution in [0.1, 0.15) is 17.2 Å². The molecule has 7 heteroatoms. The molecule has 1 amide bonds. The number of ether oxygens (including phenoxy) is 2. The Bertz CT molecular complexity index is 1190. The topological polar surface area (TPSA) is 77.8 Å². The monoisotopic (exact) mass is 482 g/mol. The van der Waals surface area contributed by atoms with Crippen molar-refractivity contribution in [2.45, 2.75) is 6.04 Å². The summed E-state index contributed by atoms with van der Waals surface area (Å²) < 4.78 is 10.6. The highest BCUT2D eigenvalue weighted by molar-refractivity contribution is 6.07. The molecule has 184 valence electrons. The Morgan fingerprint density at radius 1 is 0.917 bits per heavy atom. The molecule has 0 unspecified atom stereocenters. The zero-order chi connectivity index (χ0) is 25.3. The van der Waals surface area contributed by atoms with Crippen LogP contribution in [0, 0.1) is 11.3 Å². The second-order valence-electron chi connectivity index (χ2n) is 8.47. The van der Waals surface area contributed by atoms with Gasteiger partial charge in [0.2, 0.25) is 0 Å². The second kappa shape index (κ2) is 11.9. The molecule has 0 aliphatic carbocycles. The van der Waals surface area contributed by atoms with Crippen LogP contribution in [0.2, 0.25) is 0 Å². The highest BCUT2D eigenvalue weighted by Gasteiger charge is 2.26. The van der Waals surface area contributed by atoms with Gasteiger partial charge >= 0.3 is 0 Å². The minimum Gasteiger partial charge on any atom is -0.497 e. The van der Waals surface area contributed by atoms with E-state index in [1.807, 2.05) is 23.1 Å². The van der Waals surface area contributed by atoms with E-state index in [2.05, 4.69) is 58.7 Å². The zero-order valence-electron chi connectivity index (χ0n) is 20.6.